The van der Waals surface area contributed by atoms with Crippen molar-refractivity contribution in [2.24, 2.45) is 0 Å². The Balaban J connectivity index is 1.36. The van der Waals surface area contributed by atoms with Gasteiger partial charge in [-0.1, -0.05) is 145 Å². The van der Waals surface area contributed by atoms with Crippen LogP contribution in [0.5, 0.6) is 0 Å². The summed E-state index contributed by atoms with van der Waals surface area (Å²) in [7, 11) is 0. The lowest BCUT2D eigenvalue weighted by molar-refractivity contribution is 1.09. The van der Waals surface area contributed by atoms with Crippen molar-refractivity contribution >= 4 is 65.4 Å². The summed E-state index contributed by atoms with van der Waals surface area (Å²) in [5.74, 6) is 0. The smallest absolute Gasteiger partial charge is 0.0709 e. The molecule has 0 N–H and O–H groups in total. The van der Waals surface area contributed by atoms with E-state index in [2.05, 4.69) is 0 Å². The van der Waals surface area contributed by atoms with Crippen LogP contribution in [0.3, 0.4) is 0 Å². The predicted molar refractivity (Wildman–Crippen MR) is 240 cm³/mol. The van der Waals surface area contributed by atoms with Crippen molar-refractivity contribution in [1.82, 2.24) is 13.7 Å². The summed E-state index contributed by atoms with van der Waals surface area (Å²) in [6.07, 6.45) is 0. The number of nitrogens with zero attached hydrogens (tertiary/aromatic N) is 3. The van der Waals surface area contributed by atoms with E-state index < -0.39 is 293 Å². The lowest BCUT2D eigenvalue weighted by atomic mass is 10.0. The Labute approximate surface area is 374 Å². The van der Waals surface area contributed by atoms with Gasteiger partial charge in [-0.2, -0.15) is 0 Å². The maximum atomic E-state index is 10.2. The zero-order valence-electron chi connectivity index (χ0n) is 60.6. The quantitative estimate of drug-likeness (QED) is 0.166. The molecule has 3 heteroatoms. The van der Waals surface area contributed by atoms with Gasteiger partial charge in [-0.3, -0.25) is 0 Å². The van der Waals surface area contributed by atoms with Crippen molar-refractivity contribution in [3.05, 3.63) is 212 Å². The predicted octanol–water partition coefficient (Wildman–Crippen LogP) is 14.3. The molecule has 0 amide bonds. The second-order valence-electron chi connectivity index (χ2n) is 12.5. The molecule has 266 valence electrons. The molecule has 12 rings (SSSR count). The Hall–Kier alpha value is -7.62. The Morgan fingerprint density at radius 3 is 1.28 bits per heavy atom. The minimum atomic E-state index is -1.03. The number of hydrogen-bond acceptors (Lipinski definition) is 0. The molecule has 0 aliphatic heterocycles. The van der Waals surface area contributed by atoms with Gasteiger partial charge in [0.05, 0.1) is 88.3 Å². The van der Waals surface area contributed by atoms with E-state index in [0.717, 1.165) is 31.9 Å². The maximum absolute atomic E-state index is 10.2. The molecule has 0 fully saturated rings. The van der Waals surface area contributed by atoms with Crippen LogP contribution in [0.1, 0.15) is 43.9 Å². The molecule has 3 aromatic heterocycles. The van der Waals surface area contributed by atoms with Crippen LogP contribution in [0.2, 0.25) is 0 Å². The van der Waals surface area contributed by atoms with E-state index in [-0.39, 0.29) is 5.56 Å². The van der Waals surface area contributed by atoms with Crippen molar-refractivity contribution in [3.63, 3.8) is 0 Å². The van der Waals surface area contributed by atoms with Gasteiger partial charge in [0.2, 0.25) is 0 Å². The Bertz CT molecular complexity index is 5270. The van der Waals surface area contributed by atoms with Crippen LogP contribution in [0.15, 0.2) is 212 Å². The SMILES string of the molecule is [2H]c1c([2H])c([2H])c(-c2ccc(-n3c4c([2H])c([2H])c([2H])c([2H])c4c4c([2H])c(-n5c6c([2H])c([2H])c([2H])c([2H])c6c6c([2H])c([2H])c([2H])c([2H])c65)c([2H])c([2H])c43)c(-n3c4c([2H])c([2H])c([2H])c([2H])c4c4c([2H])c(-c5c([2H])c([2H])c([2H])c([2H])c5[2H])c([2H])c([2H])c43)c2)c([2H])c1[2H]. The fraction of sp³-hybridized carbons (Fsp3) is 0. The Morgan fingerprint density at radius 2 is 0.702 bits per heavy atom. The summed E-state index contributed by atoms with van der Waals surface area (Å²) >= 11 is 0. The second-order valence-corrected chi connectivity index (χ2v) is 12.5. The van der Waals surface area contributed by atoms with Crippen LogP contribution < -0.4 is 0 Å². The Morgan fingerprint density at radius 1 is 0.281 bits per heavy atom. The van der Waals surface area contributed by atoms with Gasteiger partial charge in [0.25, 0.3) is 0 Å². The molecule has 57 heavy (non-hydrogen) atoms. The van der Waals surface area contributed by atoms with Crippen molar-refractivity contribution in [3.8, 4) is 39.3 Å². The van der Waals surface area contributed by atoms with Crippen molar-refractivity contribution in [2.45, 2.75) is 0 Å². The molecule has 3 nitrogen and oxygen atoms in total. The van der Waals surface area contributed by atoms with Gasteiger partial charge >= 0.3 is 0 Å². The zero-order valence-corrected chi connectivity index (χ0v) is 28.6. The monoisotopic (exact) mass is 757 g/mol. The first-order chi connectivity index (χ1) is 41.6. The molecule has 0 aliphatic rings. The van der Waals surface area contributed by atoms with Gasteiger partial charge in [0.1, 0.15) is 0 Å². The minimum absolute atomic E-state index is 0.296. The van der Waals surface area contributed by atoms with Crippen LogP contribution in [0.4, 0.5) is 0 Å². The van der Waals surface area contributed by atoms with Gasteiger partial charge in [-0.25, -0.2) is 0 Å². The minimum Gasteiger partial charge on any atom is -0.309 e. The number of fused-ring (bicyclic) bond motifs is 9. The molecule has 0 bridgehead atoms. The van der Waals surface area contributed by atoms with Crippen LogP contribution >= 0.6 is 0 Å². The van der Waals surface area contributed by atoms with E-state index in [4.69, 9.17) is 27.4 Å². The zero-order chi connectivity index (χ0) is 65.3. The average Bonchev–Trinajstić information content (AvgIpc) is 1.55. The average molecular weight is 758 g/mol. The highest BCUT2D eigenvalue weighted by molar-refractivity contribution is 6.14. The first-order valence-corrected chi connectivity index (χ1v) is 17.0. The fourth-order valence-corrected chi connectivity index (χ4v) is 7.20. The molecule has 3 heterocycles. The molecule has 0 aliphatic carbocycles. The molecule has 9 aromatic carbocycles. The van der Waals surface area contributed by atoms with Crippen molar-refractivity contribution in [1.29, 1.82) is 0 Å². The number of benzene rings is 9. The van der Waals surface area contributed by atoms with E-state index in [1.165, 1.54) is 0 Å². The van der Waals surface area contributed by atoms with Crippen molar-refractivity contribution in [2.75, 3.05) is 0 Å². The summed E-state index contributed by atoms with van der Waals surface area (Å²) in [4.78, 5) is 0. The summed E-state index contributed by atoms with van der Waals surface area (Å²) in [6, 6.07) is -25.3. The number of rotatable bonds is 5. The van der Waals surface area contributed by atoms with Gasteiger partial charge < -0.3 is 13.7 Å². The highest BCUT2D eigenvalue weighted by Crippen LogP contribution is 2.42. The summed E-state index contributed by atoms with van der Waals surface area (Å²) in [5, 5.41) is -3.37. The molecular weight excluding hydrogens is 691 g/mol. The van der Waals surface area contributed by atoms with E-state index in [1.807, 2.05) is 0 Å². The molecule has 0 atom stereocenters. The Kier molecular flexibility index (Phi) is 2.96. The summed E-state index contributed by atoms with van der Waals surface area (Å²) < 4.78 is 294. The highest BCUT2D eigenvalue weighted by Gasteiger charge is 2.21. The molecule has 0 saturated heterocycles. The number of para-hydroxylation sites is 4. The van der Waals surface area contributed by atoms with E-state index in [0.29, 0.717) is 0 Å². The number of aromatic nitrogens is 3. The van der Waals surface area contributed by atoms with E-state index in [1.54, 1.807) is 0 Å². The first-order valence-electron chi connectivity index (χ1n) is 33.0. The van der Waals surface area contributed by atoms with Gasteiger partial charge in [0.15, 0.2) is 0 Å². The van der Waals surface area contributed by atoms with Gasteiger partial charge in [0, 0.05) is 38.0 Å². The number of hydrogen-bond donors (Lipinski definition) is 0. The molecule has 0 spiro atoms. The third-order valence-electron chi connectivity index (χ3n) is 9.55. The fourth-order valence-electron chi connectivity index (χ4n) is 7.20. The molecular formula is C54H35N3. The van der Waals surface area contributed by atoms with Crippen LogP contribution in [-0.2, 0) is 0 Å². The molecule has 0 unspecified atom stereocenters. The normalized spacial score (nSPS) is 19.7. The topological polar surface area (TPSA) is 14.8 Å². The largest absolute Gasteiger partial charge is 0.309 e. The van der Waals surface area contributed by atoms with Crippen LogP contribution in [0, 0.1) is 0 Å². The first kappa shape index (κ1) is 13.5. The van der Waals surface area contributed by atoms with E-state index in [9.17, 15) is 16.4 Å². The second kappa shape index (κ2) is 12.5. The lowest BCUT2D eigenvalue weighted by Gasteiger charge is -2.18. The molecule has 0 saturated carbocycles. The van der Waals surface area contributed by atoms with Gasteiger partial charge in [-0.05, 0) is 88.8 Å². The maximum Gasteiger partial charge on any atom is 0.0709 e. The van der Waals surface area contributed by atoms with E-state index >= 15 is 0 Å². The third-order valence-corrected chi connectivity index (χ3v) is 9.55. The summed E-state index contributed by atoms with van der Waals surface area (Å²) in [6.45, 7) is 0. The third kappa shape index (κ3) is 4.79. The van der Waals surface area contributed by atoms with Crippen molar-refractivity contribution < 1.29 is 43.9 Å². The summed E-state index contributed by atoms with van der Waals surface area (Å²) in [5.41, 5.74) is -7.87. The molecule has 0 radical (unpaired) electrons. The molecule has 12 aromatic rings. The van der Waals surface area contributed by atoms with Crippen LogP contribution in [0.25, 0.3) is 105 Å². The standard InChI is InChI=1S/C54H35N3/c1-3-15-36(16-4-1)38-27-30-51-45(33-38)43-21-9-14-26-50(43)57(51)54-34-39(37-17-5-2-6-18-37)28-31-53(54)56-49-25-13-10-22-44(49)46-35-40(29-32-52(46)56)55-47-23-11-7-19-41(47)42-20-8-12-24-48(42)55/h1-35H/i1D,2D,3D,4D,5D,6D,7D,8D,9D,10D,11D,12D,13D,14D,15D,16D,17D,18D,19D,20D,21D,22D,23D,24D,25D,26D,27D,29D,30D,32D,33D,35D. The van der Waals surface area contributed by atoms with Gasteiger partial charge in [-0.15, -0.1) is 0 Å². The highest BCUT2D eigenvalue weighted by atomic mass is 15.1. The lowest BCUT2D eigenvalue weighted by Crippen LogP contribution is -2.04. The van der Waals surface area contributed by atoms with Crippen LogP contribution in [-0.4, -0.2) is 13.7 Å².